The lowest BCUT2D eigenvalue weighted by Crippen LogP contribution is -2.38. The molecule has 0 aromatic carbocycles. The van der Waals surface area contributed by atoms with E-state index in [9.17, 15) is 13.2 Å². The van der Waals surface area contributed by atoms with Crippen molar-refractivity contribution in [3.05, 3.63) is 0 Å². The topological polar surface area (TPSA) is 54.5 Å². The predicted molar refractivity (Wildman–Crippen MR) is 59.3 cm³/mol. The van der Waals surface area contributed by atoms with Crippen LogP contribution in [-0.2, 0) is 14.6 Å². The smallest absolute Gasteiger partial charge is 0.222 e. The van der Waals surface area contributed by atoms with Gasteiger partial charge in [-0.1, -0.05) is 13.8 Å². The van der Waals surface area contributed by atoms with Crippen LogP contribution < -0.4 is 0 Å². The Morgan fingerprint density at radius 1 is 1.47 bits per heavy atom. The van der Waals surface area contributed by atoms with E-state index in [4.69, 9.17) is 0 Å². The molecule has 0 bridgehead atoms. The van der Waals surface area contributed by atoms with Gasteiger partial charge in [-0.05, 0) is 12.3 Å². The Hall–Kier alpha value is -0.580. The van der Waals surface area contributed by atoms with Gasteiger partial charge in [0.1, 0.15) is 0 Å². The standard InChI is InChI=1S/C10H19NO3S/c1-8(2)6-10(12)11(3)9-4-5-15(13,14)7-9/h8-9H,4-7H2,1-3H3/t9-/m1/s1. The summed E-state index contributed by atoms with van der Waals surface area (Å²) in [4.78, 5) is 13.3. The number of hydrogen-bond donors (Lipinski definition) is 0. The zero-order valence-corrected chi connectivity index (χ0v) is 10.4. The van der Waals surface area contributed by atoms with Crippen LogP contribution in [0.1, 0.15) is 26.7 Å². The first-order valence-electron chi connectivity index (χ1n) is 5.28. The van der Waals surface area contributed by atoms with Crippen molar-refractivity contribution in [2.45, 2.75) is 32.7 Å². The molecular formula is C10H19NO3S. The molecule has 1 heterocycles. The molecule has 0 aliphatic carbocycles. The zero-order chi connectivity index (χ0) is 11.6. The molecule has 15 heavy (non-hydrogen) atoms. The van der Waals surface area contributed by atoms with Gasteiger partial charge in [0.05, 0.1) is 11.5 Å². The Morgan fingerprint density at radius 3 is 2.47 bits per heavy atom. The largest absolute Gasteiger partial charge is 0.342 e. The maximum Gasteiger partial charge on any atom is 0.222 e. The van der Waals surface area contributed by atoms with Crippen LogP contribution in [0, 0.1) is 5.92 Å². The van der Waals surface area contributed by atoms with E-state index >= 15 is 0 Å². The summed E-state index contributed by atoms with van der Waals surface area (Å²) < 4.78 is 22.5. The molecule has 0 aromatic heterocycles. The molecule has 1 saturated heterocycles. The summed E-state index contributed by atoms with van der Waals surface area (Å²) in [6.45, 7) is 3.97. The molecule has 0 unspecified atom stereocenters. The zero-order valence-electron chi connectivity index (χ0n) is 9.56. The number of nitrogens with zero attached hydrogens (tertiary/aromatic N) is 1. The Morgan fingerprint density at radius 2 is 2.07 bits per heavy atom. The van der Waals surface area contributed by atoms with Crippen molar-refractivity contribution in [2.24, 2.45) is 5.92 Å². The third-order valence-corrected chi connectivity index (χ3v) is 4.48. The fraction of sp³-hybridized carbons (Fsp3) is 0.900. The van der Waals surface area contributed by atoms with Crippen molar-refractivity contribution in [1.82, 2.24) is 4.90 Å². The van der Waals surface area contributed by atoms with E-state index in [2.05, 4.69) is 0 Å². The number of carbonyl (C=O) groups is 1. The summed E-state index contributed by atoms with van der Waals surface area (Å²) in [6.07, 6.45) is 1.08. The van der Waals surface area contributed by atoms with Gasteiger partial charge in [-0.3, -0.25) is 4.79 Å². The highest BCUT2D eigenvalue weighted by Crippen LogP contribution is 2.17. The molecule has 88 valence electrons. The molecular weight excluding hydrogens is 214 g/mol. The number of hydrogen-bond acceptors (Lipinski definition) is 3. The predicted octanol–water partition coefficient (Wildman–Crippen LogP) is 0.678. The minimum absolute atomic E-state index is 0.0482. The van der Waals surface area contributed by atoms with E-state index < -0.39 is 9.84 Å². The number of sulfone groups is 1. The molecule has 0 aromatic rings. The average molecular weight is 233 g/mol. The highest BCUT2D eigenvalue weighted by Gasteiger charge is 2.32. The fourth-order valence-corrected chi connectivity index (χ4v) is 3.55. The summed E-state index contributed by atoms with van der Waals surface area (Å²) in [5.41, 5.74) is 0. The lowest BCUT2D eigenvalue weighted by molar-refractivity contribution is -0.132. The van der Waals surface area contributed by atoms with Crippen LogP contribution in [0.15, 0.2) is 0 Å². The summed E-state index contributed by atoms with van der Waals surface area (Å²) in [6, 6.07) is -0.110. The van der Waals surface area contributed by atoms with Crippen molar-refractivity contribution >= 4 is 15.7 Å². The first kappa shape index (κ1) is 12.5. The Balaban J connectivity index is 2.55. The normalized spacial score (nSPS) is 24.4. The molecule has 0 N–H and O–H groups in total. The quantitative estimate of drug-likeness (QED) is 0.720. The molecule has 1 fully saturated rings. The Labute approximate surface area is 91.6 Å². The van der Waals surface area contributed by atoms with Crippen molar-refractivity contribution in [2.75, 3.05) is 18.6 Å². The van der Waals surface area contributed by atoms with E-state index in [-0.39, 0.29) is 23.5 Å². The Kier molecular flexibility index (Phi) is 3.76. The van der Waals surface area contributed by atoms with Gasteiger partial charge in [-0.2, -0.15) is 0 Å². The molecule has 1 aliphatic heterocycles. The molecule has 0 saturated carbocycles. The molecule has 0 radical (unpaired) electrons. The number of amides is 1. The van der Waals surface area contributed by atoms with Crippen molar-refractivity contribution in [1.29, 1.82) is 0 Å². The van der Waals surface area contributed by atoms with E-state index in [1.807, 2.05) is 13.8 Å². The van der Waals surface area contributed by atoms with E-state index in [1.165, 1.54) is 0 Å². The molecule has 1 atom stereocenters. The second kappa shape index (κ2) is 4.51. The van der Waals surface area contributed by atoms with Gasteiger partial charge in [-0.25, -0.2) is 8.42 Å². The summed E-state index contributed by atoms with van der Waals surface area (Å²) >= 11 is 0. The van der Waals surface area contributed by atoms with Gasteiger partial charge in [0.25, 0.3) is 0 Å². The first-order valence-corrected chi connectivity index (χ1v) is 7.10. The first-order chi connectivity index (χ1) is 6.82. The molecule has 0 spiro atoms. The van der Waals surface area contributed by atoms with Crippen LogP contribution in [0.25, 0.3) is 0 Å². The lowest BCUT2D eigenvalue weighted by Gasteiger charge is -2.24. The average Bonchev–Trinajstić information content (AvgIpc) is 2.43. The number of rotatable bonds is 3. The van der Waals surface area contributed by atoms with Crippen LogP contribution in [0.4, 0.5) is 0 Å². The summed E-state index contributed by atoms with van der Waals surface area (Å²) in [7, 11) is -1.19. The van der Waals surface area contributed by atoms with Gasteiger partial charge in [-0.15, -0.1) is 0 Å². The summed E-state index contributed by atoms with van der Waals surface area (Å²) in [5.74, 6) is 0.717. The van der Waals surface area contributed by atoms with E-state index in [0.29, 0.717) is 18.8 Å². The fourth-order valence-electron chi connectivity index (χ4n) is 1.78. The van der Waals surface area contributed by atoms with Crippen molar-refractivity contribution < 1.29 is 13.2 Å². The third-order valence-electron chi connectivity index (χ3n) is 2.73. The minimum atomic E-state index is -2.90. The molecule has 1 amide bonds. The van der Waals surface area contributed by atoms with Gasteiger partial charge >= 0.3 is 0 Å². The second-order valence-electron chi connectivity index (χ2n) is 4.66. The highest BCUT2D eigenvalue weighted by molar-refractivity contribution is 7.91. The second-order valence-corrected chi connectivity index (χ2v) is 6.89. The van der Waals surface area contributed by atoms with E-state index in [0.717, 1.165) is 0 Å². The van der Waals surface area contributed by atoms with Crippen LogP contribution in [0.3, 0.4) is 0 Å². The maximum atomic E-state index is 11.7. The van der Waals surface area contributed by atoms with Crippen LogP contribution >= 0.6 is 0 Å². The van der Waals surface area contributed by atoms with Gasteiger partial charge in [0.15, 0.2) is 9.84 Å². The van der Waals surface area contributed by atoms with Crippen LogP contribution in [0.2, 0.25) is 0 Å². The van der Waals surface area contributed by atoms with Crippen molar-refractivity contribution in [3.8, 4) is 0 Å². The maximum absolute atomic E-state index is 11.7. The highest BCUT2D eigenvalue weighted by atomic mass is 32.2. The SMILES string of the molecule is CC(C)CC(=O)N(C)[C@@H]1CCS(=O)(=O)C1. The number of carbonyl (C=O) groups excluding carboxylic acids is 1. The molecule has 1 aliphatic rings. The summed E-state index contributed by atoms with van der Waals surface area (Å²) in [5, 5.41) is 0. The Bertz CT molecular complexity index is 335. The lowest BCUT2D eigenvalue weighted by atomic mass is 10.1. The van der Waals surface area contributed by atoms with Gasteiger partial charge in [0.2, 0.25) is 5.91 Å². The van der Waals surface area contributed by atoms with Crippen LogP contribution in [0.5, 0.6) is 0 Å². The molecule has 1 rings (SSSR count). The van der Waals surface area contributed by atoms with Crippen LogP contribution in [-0.4, -0.2) is 43.8 Å². The van der Waals surface area contributed by atoms with E-state index in [1.54, 1.807) is 11.9 Å². The molecule has 4 nitrogen and oxygen atoms in total. The van der Waals surface area contributed by atoms with Crippen molar-refractivity contribution in [3.63, 3.8) is 0 Å². The third kappa shape index (κ3) is 3.48. The monoisotopic (exact) mass is 233 g/mol. The van der Waals surface area contributed by atoms with Gasteiger partial charge < -0.3 is 4.90 Å². The minimum Gasteiger partial charge on any atom is -0.342 e. The molecule has 5 heteroatoms. The van der Waals surface area contributed by atoms with Gasteiger partial charge in [0, 0.05) is 19.5 Å².